The molecular formula is C19H25N3O2. The van der Waals surface area contributed by atoms with E-state index in [4.69, 9.17) is 15.2 Å². The highest BCUT2D eigenvalue weighted by Gasteiger charge is 2.05. The van der Waals surface area contributed by atoms with Crippen molar-refractivity contribution in [2.24, 2.45) is 10.7 Å². The van der Waals surface area contributed by atoms with Crippen LogP contribution in [0.3, 0.4) is 0 Å². The summed E-state index contributed by atoms with van der Waals surface area (Å²) in [6, 6.07) is 11.9. The standard InChI is InChI=1S/C19H25N3O2/c1-5-24-18-11-15(7-9-17(18)23-4)12-21-19(20)22-16-8-6-13(2)14(3)10-16/h6-11H,5,12H2,1-4H3,(H3,20,21,22). The third-order valence-electron chi connectivity index (χ3n) is 3.74. The zero-order valence-corrected chi connectivity index (χ0v) is 14.7. The summed E-state index contributed by atoms with van der Waals surface area (Å²) < 4.78 is 10.9. The van der Waals surface area contributed by atoms with Gasteiger partial charge in [-0.2, -0.15) is 0 Å². The third kappa shape index (κ3) is 4.65. The first kappa shape index (κ1) is 17.7. The monoisotopic (exact) mass is 327 g/mol. The lowest BCUT2D eigenvalue weighted by molar-refractivity contribution is 0.310. The molecule has 3 N–H and O–H groups in total. The van der Waals surface area contributed by atoms with Gasteiger partial charge in [0.25, 0.3) is 0 Å². The minimum Gasteiger partial charge on any atom is -0.493 e. The first-order valence-corrected chi connectivity index (χ1v) is 7.97. The van der Waals surface area contributed by atoms with Gasteiger partial charge in [0.1, 0.15) is 0 Å². The smallest absolute Gasteiger partial charge is 0.193 e. The number of aliphatic imine (C=N–C) groups is 1. The van der Waals surface area contributed by atoms with Gasteiger partial charge in [-0.3, -0.25) is 0 Å². The number of anilines is 1. The van der Waals surface area contributed by atoms with Gasteiger partial charge in [-0.1, -0.05) is 12.1 Å². The lowest BCUT2D eigenvalue weighted by atomic mass is 10.1. The highest BCUT2D eigenvalue weighted by molar-refractivity contribution is 5.92. The summed E-state index contributed by atoms with van der Waals surface area (Å²) in [5, 5.41) is 3.11. The number of hydrogen-bond acceptors (Lipinski definition) is 3. The van der Waals surface area contributed by atoms with Crippen LogP contribution >= 0.6 is 0 Å². The van der Waals surface area contributed by atoms with Crippen LogP contribution in [0.4, 0.5) is 5.69 Å². The Morgan fingerprint density at radius 2 is 1.88 bits per heavy atom. The fourth-order valence-electron chi connectivity index (χ4n) is 2.27. The van der Waals surface area contributed by atoms with Gasteiger partial charge in [0, 0.05) is 5.69 Å². The molecular weight excluding hydrogens is 302 g/mol. The van der Waals surface area contributed by atoms with Crippen molar-refractivity contribution in [3.63, 3.8) is 0 Å². The fourth-order valence-corrected chi connectivity index (χ4v) is 2.27. The van der Waals surface area contributed by atoms with Crippen LogP contribution in [0.25, 0.3) is 0 Å². The van der Waals surface area contributed by atoms with E-state index < -0.39 is 0 Å². The van der Waals surface area contributed by atoms with E-state index in [0.29, 0.717) is 30.6 Å². The van der Waals surface area contributed by atoms with Crippen LogP contribution in [0.15, 0.2) is 41.4 Å². The minimum absolute atomic E-state index is 0.382. The molecule has 0 aliphatic rings. The van der Waals surface area contributed by atoms with Gasteiger partial charge in [0.15, 0.2) is 17.5 Å². The van der Waals surface area contributed by atoms with Crippen LogP contribution < -0.4 is 20.5 Å². The molecule has 5 nitrogen and oxygen atoms in total. The molecule has 0 atom stereocenters. The molecule has 0 unspecified atom stereocenters. The van der Waals surface area contributed by atoms with Crippen LogP contribution in [0.1, 0.15) is 23.6 Å². The second-order valence-electron chi connectivity index (χ2n) is 5.54. The van der Waals surface area contributed by atoms with Crippen LogP contribution in [0.2, 0.25) is 0 Å². The third-order valence-corrected chi connectivity index (χ3v) is 3.74. The van der Waals surface area contributed by atoms with E-state index in [0.717, 1.165) is 11.3 Å². The van der Waals surface area contributed by atoms with E-state index in [9.17, 15) is 0 Å². The van der Waals surface area contributed by atoms with Gasteiger partial charge < -0.3 is 20.5 Å². The second kappa shape index (κ2) is 8.24. The highest BCUT2D eigenvalue weighted by atomic mass is 16.5. The zero-order chi connectivity index (χ0) is 17.5. The topological polar surface area (TPSA) is 68.9 Å². The maximum Gasteiger partial charge on any atom is 0.193 e. The summed E-state index contributed by atoms with van der Waals surface area (Å²) in [6.07, 6.45) is 0. The summed E-state index contributed by atoms with van der Waals surface area (Å²) >= 11 is 0. The van der Waals surface area contributed by atoms with Crippen molar-refractivity contribution >= 4 is 11.6 Å². The van der Waals surface area contributed by atoms with Gasteiger partial charge in [0.2, 0.25) is 0 Å². The molecule has 0 saturated heterocycles. The van der Waals surface area contributed by atoms with Crippen LogP contribution in [-0.4, -0.2) is 19.7 Å². The summed E-state index contributed by atoms with van der Waals surface area (Å²) in [7, 11) is 1.63. The van der Waals surface area contributed by atoms with Crippen molar-refractivity contribution in [3.8, 4) is 11.5 Å². The van der Waals surface area contributed by atoms with Gasteiger partial charge in [-0.25, -0.2) is 4.99 Å². The highest BCUT2D eigenvalue weighted by Crippen LogP contribution is 2.28. The van der Waals surface area contributed by atoms with Gasteiger partial charge in [0.05, 0.1) is 20.3 Å². The molecule has 24 heavy (non-hydrogen) atoms. The van der Waals surface area contributed by atoms with Crippen molar-refractivity contribution in [2.75, 3.05) is 19.0 Å². The number of guanidine groups is 1. The normalized spacial score (nSPS) is 11.2. The van der Waals surface area contributed by atoms with Crippen LogP contribution in [-0.2, 0) is 6.54 Å². The first-order chi connectivity index (χ1) is 11.5. The Bertz CT molecular complexity index is 727. The lowest BCUT2D eigenvalue weighted by Gasteiger charge is -2.11. The number of rotatable bonds is 6. The average Bonchev–Trinajstić information content (AvgIpc) is 2.57. The lowest BCUT2D eigenvalue weighted by Crippen LogP contribution is -2.22. The molecule has 0 fully saturated rings. The summed E-state index contributed by atoms with van der Waals surface area (Å²) in [5.41, 5.74) is 10.4. The van der Waals surface area contributed by atoms with Crippen molar-refractivity contribution < 1.29 is 9.47 Å². The van der Waals surface area contributed by atoms with E-state index in [1.165, 1.54) is 11.1 Å². The Hall–Kier alpha value is -2.69. The molecule has 0 saturated carbocycles. The van der Waals surface area contributed by atoms with Crippen molar-refractivity contribution in [3.05, 3.63) is 53.1 Å². The van der Waals surface area contributed by atoms with Crippen LogP contribution in [0, 0.1) is 13.8 Å². The Labute approximate surface area is 143 Å². The molecule has 0 amide bonds. The van der Waals surface area contributed by atoms with Gasteiger partial charge in [-0.15, -0.1) is 0 Å². The van der Waals surface area contributed by atoms with Gasteiger partial charge in [-0.05, 0) is 61.7 Å². The second-order valence-corrected chi connectivity index (χ2v) is 5.54. The zero-order valence-electron chi connectivity index (χ0n) is 14.7. The Balaban J connectivity index is 2.06. The molecule has 128 valence electrons. The predicted molar refractivity (Wildman–Crippen MR) is 99.0 cm³/mol. The van der Waals surface area contributed by atoms with Crippen LogP contribution in [0.5, 0.6) is 11.5 Å². The number of hydrogen-bond donors (Lipinski definition) is 2. The molecule has 0 aromatic heterocycles. The molecule has 0 aliphatic carbocycles. The van der Waals surface area contributed by atoms with E-state index in [1.807, 2.05) is 31.2 Å². The summed E-state index contributed by atoms with van der Waals surface area (Å²) in [6.45, 7) is 7.14. The Morgan fingerprint density at radius 3 is 2.54 bits per heavy atom. The molecule has 2 rings (SSSR count). The molecule has 0 heterocycles. The Morgan fingerprint density at radius 1 is 1.08 bits per heavy atom. The average molecular weight is 327 g/mol. The number of nitrogens with zero attached hydrogens (tertiary/aromatic N) is 1. The largest absolute Gasteiger partial charge is 0.493 e. The first-order valence-electron chi connectivity index (χ1n) is 7.97. The van der Waals surface area contributed by atoms with E-state index in [1.54, 1.807) is 7.11 Å². The minimum atomic E-state index is 0.382. The quantitative estimate of drug-likeness (QED) is 0.628. The maximum atomic E-state index is 5.98. The number of benzene rings is 2. The molecule has 0 bridgehead atoms. The predicted octanol–water partition coefficient (Wildman–Crippen LogP) is 3.64. The molecule has 2 aromatic rings. The number of ether oxygens (including phenoxy) is 2. The summed E-state index contributed by atoms with van der Waals surface area (Å²) in [4.78, 5) is 4.39. The van der Waals surface area contributed by atoms with Crippen molar-refractivity contribution in [2.45, 2.75) is 27.3 Å². The molecule has 0 spiro atoms. The maximum absolute atomic E-state index is 5.98. The number of nitrogens with two attached hydrogens (primary N) is 1. The number of aryl methyl sites for hydroxylation is 2. The molecule has 0 aliphatic heterocycles. The molecule has 2 aromatic carbocycles. The van der Waals surface area contributed by atoms with E-state index in [2.05, 4.69) is 36.3 Å². The van der Waals surface area contributed by atoms with E-state index in [-0.39, 0.29) is 0 Å². The van der Waals surface area contributed by atoms with Gasteiger partial charge >= 0.3 is 0 Å². The molecule has 0 radical (unpaired) electrons. The SMILES string of the molecule is CCOc1cc(CN=C(N)Nc2ccc(C)c(C)c2)ccc1OC. The number of nitrogens with one attached hydrogen (secondary N) is 1. The fraction of sp³-hybridized carbons (Fsp3) is 0.316. The summed E-state index contributed by atoms with van der Waals surface area (Å²) in [5.74, 6) is 1.81. The Kier molecular flexibility index (Phi) is 6.07. The van der Waals surface area contributed by atoms with E-state index >= 15 is 0 Å². The van der Waals surface area contributed by atoms with Crippen molar-refractivity contribution in [1.82, 2.24) is 0 Å². The molecule has 5 heteroatoms. The number of methoxy groups -OCH3 is 1. The van der Waals surface area contributed by atoms with Crippen molar-refractivity contribution in [1.29, 1.82) is 0 Å².